The van der Waals surface area contributed by atoms with E-state index in [1.807, 2.05) is 0 Å². The first kappa shape index (κ1) is 21.1. The Bertz CT molecular complexity index is 413. The summed E-state index contributed by atoms with van der Waals surface area (Å²) in [6.07, 6.45) is -3.75. The van der Waals surface area contributed by atoms with Gasteiger partial charge < -0.3 is 35.4 Å². The highest BCUT2D eigenvalue weighted by Gasteiger charge is 2.45. The van der Waals surface area contributed by atoms with Gasteiger partial charge in [-0.25, -0.2) is 0 Å². The molecular formula is C14H26N2O7S. The maximum absolute atomic E-state index is 11.5. The molecule has 0 aliphatic carbocycles. The van der Waals surface area contributed by atoms with E-state index in [9.17, 15) is 24.9 Å². The molecule has 24 heavy (non-hydrogen) atoms. The van der Waals surface area contributed by atoms with Gasteiger partial charge in [0, 0.05) is 19.9 Å². The number of hydrogen-bond donors (Lipinski definition) is 6. The Morgan fingerprint density at radius 2 is 2.00 bits per heavy atom. The minimum Gasteiger partial charge on any atom is -0.394 e. The fraction of sp³-hybridized carbons (Fsp3) is 0.857. The van der Waals surface area contributed by atoms with Crippen LogP contribution >= 0.6 is 12.6 Å². The Morgan fingerprint density at radius 1 is 1.29 bits per heavy atom. The Balaban J connectivity index is 2.51. The summed E-state index contributed by atoms with van der Waals surface area (Å²) in [5.74, 6) is 0.0753. The molecule has 0 aromatic carbocycles. The molecule has 0 radical (unpaired) electrons. The van der Waals surface area contributed by atoms with Crippen molar-refractivity contribution in [2.24, 2.45) is 0 Å². The molecule has 1 aliphatic heterocycles. The summed E-state index contributed by atoms with van der Waals surface area (Å²) >= 11 is 4.02. The lowest BCUT2D eigenvalue weighted by Crippen LogP contribution is -2.64. The molecule has 1 heterocycles. The van der Waals surface area contributed by atoms with Crippen molar-refractivity contribution in [3.8, 4) is 0 Å². The van der Waals surface area contributed by atoms with Crippen LogP contribution in [-0.2, 0) is 19.1 Å². The fourth-order valence-electron chi connectivity index (χ4n) is 2.31. The first-order valence-electron chi connectivity index (χ1n) is 7.79. The van der Waals surface area contributed by atoms with E-state index >= 15 is 0 Å². The Kier molecular flexibility index (Phi) is 9.56. The van der Waals surface area contributed by atoms with Crippen LogP contribution in [0.1, 0.15) is 19.8 Å². The SMILES string of the molecule is CC(=O)N[C@H]1[C@H](OCCNC(=O)CCCS)O[C@H](CO)[C@@H](O)[C@@H]1O. The highest BCUT2D eigenvalue weighted by molar-refractivity contribution is 7.80. The number of rotatable bonds is 9. The van der Waals surface area contributed by atoms with E-state index in [4.69, 9.17) is 9.47 Å². The summed E-state index contributed by atoms with van der Waals surface area (Å²) in [5.41, 5.74) is 0. The van der Waals surface area contributed by atoms with Crippen LogP contribution in [0, 0.1) is 0 Å². The fourth-order valence-corrected chi connectivity index (χ4v) is 2.46. The average Bonchev–Trinajstić information content (AvgIpc) is 2.55. The number of nitrogens with one attached hydrogen (secondary N) is 2. The topological polar surface area (TPSA) is 137 Å². The van der Waals surface area contributed by atoms with Crippen LogP contribution in [0.3, 0.4) is 0 Å². The number of aliphatic hydroxyl groups is 3. The van der Waals surface area contributed by atoms with Gasteiger partial charge in [-0.15, -0.1) is 0 Å². The zero-order valence-corrected chi connectivity index (χ0v) is 14.4. The smallest absolute Gasteiger partial charge is 0.220 e. The number of thiol groups is 1. The molecule has 0 aromatic heterocycles. The number of amides is 2. The van der Waals surface area contributed by atoms with E-state index in [0.29, 0.717) is 18.6 Å². The molecule has 10 heteroatoms. The summed E-state index contributed by atoms with van der Waals surface area (Å²) in [6, 6.07) is -0.986. The highest BCUT2D eigenvalue weighted by Crippen LogP contribution is 2.22. The average molecular weight is 366 g/mol. The molecule has 2 amide bonds. The van der Waals surface area contributed by atoms with E-state index in [0.717, 1.165) is 0 Å². The van der Waals surface area contributed by atoms with Gasteiger partial charge in [0.05, 0.1) is 13.2 Å². The molecule has 0 unspecified atom stereocenters. The predicted molar refractivity (Wildman–Crippen MR) is 87.4 cm³/mol. The monoisotopic (exact) mass is 366 g/mol. The van der Waals surface area contributed by atoms with Crippen molar-refractivity contribution in [2.75, 3.05) is 25.5 Å². The van der Waals surface area contributed by atoms with Gasteiger partial charge in [-0.3, -0.25) is 9.59 Å². The van der Waals surface area contributed by atoms with E-state index in [1.165, 1.54) is 6.92 Å². The number of aliphatic hydroxyl groups excluding tert-OH is 3. The molecule has 5 atom stereocenters. The maximum atomic E-state index is 11.5. The van der Waals surface area contributed by atoms with Crippen molar-refractivity contribution in [2.45, 2.75) is 50.4 Å². The molecule has 1 saturated heterocycles. The molecule has 1 rings (SSSR count). The second-order valence-corrected chi connectivity index (χ2v) is 5.93. The molecular weight excluding hydrogens is 340 g/mol. The van der Waals surface area contributed by atoms with Gasteiger partial charge in [0.1, 0.15) is 24.4 Å². The lowest BCUT2D eigenvalue weighted by Gasteiger charge is -2.42. The first-order chi connectivity index (χ1) is 11.4. The van der Waals surface area contributed by atoms with Crippen LogP contribution in [0.15, 0.2) is 0 Å². The highest BCUT2D eigenvalue weighted by atomic mass is 32.1. The Morgan fingerprint density at radius 3 is 2.58 bits per heavy atom. The number of carbonyl (C=O) groups is 2. The lowest BCUT2D eigenvalue weighted by molar-refractivity contribution is -0.269. The third-order valence-corrected chi connectivity index (χ3v) is 3.84. The van der Waals surface area contributed by atoms with Crippen LogP contribution in [0.2, 0.25) is 0 Å². The quantitative estimate of drug-likeness (QED) is 0.201. The molecule has 0 spiro atoms. The lowest BCUT2D eigenvalue weighted by atomic mass is 9.97. The normalized spacial score (nSPS) is 30.0. The van der Waals surface area contributed by atoms with Crippen LogP contribution in [0.25, 0.3) is 0 Å². The van der Waals surface area contributed by atoms with E-state index in [2.05, 4.69) is 23.3 Å². The number of hydrogen-bond acceptors (Lipinski definition) is 8. The minimum absolute atomic E-state index is 0.0777. The van der Waals surface area contributed by atoms with Crippen LogP contribution in [-0.4, -0.2) is 83.3 Å². The van der Waals surface area contributed by atoms with E-state index in [-0.39, 0.29) is 19.1 Å². The van der Waals surface area contributed by atoms with Gasteiger partial charge >= 0.3 is 0 Å². The Hall–Kier alpha value is -0.910. The second kappa shape index (κ2) is 10.9. The minimum atomic E-state index is -1.35. The van der Waals surface area contributed by atoms with Gasteiger partial charge in [0.25, 0.3) is 0 Å². The van der Waals surface area contributed by atoms with Crippen molar-refractivity contribution < 1.29 is 34.4 Å². The largest absolute Gasteiger partial charge is 0.394 e. The van der Waals surface area contributed by atoms with Crippen molar-refractivity contribution >= 4 is 24.4 Å². The molecule has 9 nitrogen and oxygen atoms in total. The zero-order valence-electron chi connectivity index (χ0n) is 13.6. The number of ether oxygens (including phenoxy) is 2. The summed E-state index contributed by atoms with van der Waals surface area (Å²) in [5, 5.41) is 34.3. The molecule has 0 bridgehead atoms. The third kappa shape index (κ3) is 6.54. The second-order valence-electron chi connectivity index (χ2n) is 5.48. The van der Waals surface area contributed by atoms with E-state index < -0.39 is 43.2 Å². The van der Waals surface area contributed by atoms with Crippen LogP contribution in [0.4, 0.5) is 0 Å². The van der Waals surface area contributed by atoms with Gasteiger partial charge in [-0.2, -0.15) is 12.6 Å². The van der Waals surface area contributed by atoms with Crippen molar-refractivity contribution in [1.82, 2.24) is 10.6 Å². The van der Waals surface area contributed by atoms with Gasteiger partial charge in [-0.05, 0) is 12.2 Å². The van der Waals surface area contributed by atoms with E-state index in [1.54, 1.807) is 0 Å². The van der Waals surface area contributed by atoms with Crippen molar-refractivity contribution in [1.29, 1.82) is 0 Å². The summed E-state index contributed by atoms with van der Waals surface area (Å²) in [7, 11) is 0. The molecule has 5 N–H and O–H groups in total. The molecule has 0 aromatic rings. The molecule has 140 valence electrons. The standard InChI is InChI=1S/C14H26N2O7S/c1-8(18)16-11-13(21)12(20)9(7-17)23-14(11)22-5-4-15-10(19)3-2-6-24/h9,11-14,17,20-21,24H,2-7H2,1H3,(H,15,19)(H,16,18)/t9-,11-,12-,13-,14-/m1/s1. The molecule has 0 saturated carbocycles. The summed E-state index contributed by atoms with van der Waals surface area (Å²) < 4.78 is 10.8. The molecule has 1 fully saturated rings. The van der Waals surface area contributed by atoms with Crippen molar-refractivity contribution in [3.05, 3.63) is 0 Å². The van der Waals surface area contributed by atoms with Gasteiger partial charge in [-0.1, -0.05) is 0 Å². The van der Waals surface area contributed by atoms with Crippen molar-refractivity contribution in [3.63, 3.8) is 0 Å². The van der Waals surface area contributed by atoms with Crippen LogP contribution in [0.5, 0.6) is 0 Å². The summed E-state index contributed by atoms with van der Waals surface area (Å²) in [6.45, 7) is 1.05. The molecule has 1 aliphatic rings. The van der Waals surface area contributed by atoms with Crippen LogP contribution < -0.4 is 10.6 Å². The Labute approximate surface area is 146 Å². The first-order valence-corrected chi connectivity index (χ1v) is 8.42. The van der Waals surface area contributed by atoms with Gasteiger partial charge in [0.2, 0.25) is 11.8 Å². The predicted octanol–water partition coefficient (Wildman–Crippen LogP) is -2.23. The third-order valence-electron chi connectivity index (χ3n) is 3.52. The summed E-state index contributed by atoms with van der Waals surface area (Å²) in [4.78, 5) is 22.7. The number of carbonyl (C=O) groups excluding carboxylic acids is 2. The zero-order chi connectivity index (χ0) is 18.1. The maximum Gasteiger partial charge on any atom is 0.220 e. The van der Waals surface area contributed by atoms with Gasteiger partial charge in [0.15, 0.2) is 6.29 Å².